The van der Waals surface area contributed by atoms with Gasteiger partial charge in [-0.3, -0.25) is 4.79 Å². The number of sulfone groups is 1. The highest BCUT2D eigenvalue weighted by Gasteiger charge is 2.32. The molecule has 0 aliphatic heterocycles. The smallest absolute Gasteiger partial charge is 0.355 e. The van der Waals surface area contributed by atoms with E-state index in [1.807, 2.05) is 0 Å². The van der Waals surface area contributed by atoms with Gasteiger partial charge in [0.1, 0.15) is 0 Å². The molecule has 0 aromatic heterocycles. The third-order valence-electron chi connectivity index (χ3n) is 2.15. The first-order valence-corrected chi connectivity index (χ1v) is 6.59. The van der Waals surface area contributed by atoms with Crippen LogP contribution in [-0.2, 0) is 16.0 Å². The van der Waals surface area contributed by atoms with Gasteiger partial charge in [0.25, 0.3) is 5.91 Å². The quantitative estimate of drug-likeness (QED) is 0.892. The van der Waals surface area contributed by atoms with Crippen LogP contribution in [0, 0.1) is 0 Å². The predicted molar refractivity (Wildman–Crippen MR) is 57.9 cm³/mol. The van der Waals surface area contributed by atoms with Gasteiger partial charge < -0.3 is 5.32 Å². The van der Waals surface area contributed by atoms with Crippen LogP contribution in [-0.4, -0.2) is 27.6 Å². The van der Waals surface area contributed by atoms with E-state index < -0.39 is 32.4 Å². The Balaban J connectivity index is 3.54. The van der Waals surface area contributed by atoms with E-state index >= 15 is 0 Å². The molecule has 0 heterocycles. The lowest BCUT2D eigenvalue weighted by atomic mass is 10.1. The molecule has 0 bridgehead atoms. The van der Waals surface area contributed by atoms with E-state index in [2.05, 4.69) is 5.32 Å². The van der Waals surface area contributed by atoms with Crippen LogP contribution in [0.15, 0.2) is 23.1 Å². The largest absolute Gasteiger partial charge is 0.416 e. The van der Waals surface area contributed by atoms with Gasteiger partial charge in [-0.2, -0.15) is 13.2 Å². The summed E-state index contributed by atoms with van der Waals surface area (Å²) in [5, 5.41) is 2.14. The van der Waals surface area contributed by atoms with Crippen LogP contribution in [0.4, 0.5) is 13.2 Å². The van der Waals surface area contributed by atoms with Gasteiger partial charge in [-0.05, 0) is 18.2 Å². The number of carbonyl (C=O) groups is 1. The summed E-state index contributed by atoms with van der Waals surface area (Å²) in [6, 6.07) is 2.01. The van der Waals surface area contributed by atoms with E-state index in [0.29, 0.717) is 12.1 Å². The molecule has 0 saturated carbocycles. The molecule has 18 heavy (non-hydrogen) atoms. The molecule has 0 fully saturated rings. The molecule has 4 nitrogen and oxygen atoms in total. The number of hydrogen-bond acceptors (Lipinski definition) is 3. The molecule has 1 aromatic carbocycles. The molecule has 0 aliphatic carbocycles. The Morgan fingerprint density at radius 3 is 2.17 bits per heavy atom. The van der Waals surface area contributed by atoms with Crippen molar-refractivity contribution in [3.63, 3.8) is 0 Å². The first kappa shape index (κ1) is 14.5. The van der Waals surface area contributed by atoms with Gasteiger partial charge in [-0.15, -0.1) is 0 Å². The van der Waals surface area contributed by atoms with Crippen LogP contribution >= 0.6 is 0 Å². The highest BCUT2D eigenvalue weighted by molar-refractivity contribution is 7.90. The Bertz CT molecular complexity index is 579. The Morgan fingerprint density at radius 2 is 1.78 bits per heavy atom. The van der Waals surface area contributed by atoms with Gasteiger partial charge in [0, 0.05) is 18.9 Å². The van der Waals surface area contributed by atoms with Gasteiger partial charge in [0.05, 0.1) is 10.5 Å². The Morgan fingerprint density at radius 1 is 1.22 bits per heavy atom. The van der Waals surface area contributed by atoms with Crippen LogP contribution in [0.25, 0.3) is 0 Å². The second kappa shape index (κ2) is 4.60. The van der Waals surface area contributed by atoms with Crippen molar-refractivity contribution in [1.29, 1.82) is 0 Å². The van der Waals surface area contributed by atoms with Crippen molar-refractivity contribution in [3.05, 3.63) is 29.3 Å². The maximum absolute atomic E-state index is 12.6. The molecule has 1 N–H and O–H groups in total. The summed E-state index contributed by atoms with van der Waals surface area (Å²) in [6.07, 6.45) is -3.94. The molecule has 1 rings (SSSR count). The minimum Gasteiger partial charge on any atom is -0.355 e. The van der Waals surface area contributed by atoms with Crippen LogP contribution < -0.4 is 5.32 Å². The molecule has 8 heteroatoms. The zero-order valence-corrected chi connectivity index (χ0v) is 10.3. The Labute approximate surface area is 102 Å². The summed E-state index contributed by atoms with van der Waals surface area (Å²) in [5.41, 5.74) is -1.53. The molecule has 0 radical (unpaired) electrons. The number of halogens is 3. The van der Waals surface area contributed by atoms with Gasteiger partial charge in [0.2, 0.25) is 0 Å². The second-order valence-electron chi connectivity index (χ2n) is 3.60. The zero-order chi connectivity index (χ0) is 14.1. The van der Waals surface area contributed by atoms with E-state index in [4.69, 9.17) is 0 Å². The van der Waals surface area contributed by atoms with Gasteiger partial charge in [-0.1, -0.05) is 0 Å². The third kappa shape index (κ3) is 3.22. The average Bonchev–Trinajstić information content (AvgIpc) is 2.25. The predicted octanol–water partition coefficient (Wildman–Crippen LogP) is 1.47. The van der Waals surface area contributed by atoms with E-state index in [0.717, 1.165) is 12.3 Å². The van der Waals surface area contributed by atoms with Crippen LogP contribution in [0.5, 0.6) is 0 Å². The highest BCUT2D eigenvalue weighted by Crippen LogP contribution is 2.31. The van der Waals surface area contributed by atoms with Crippen molar-refractivity contribution in [2.45, 2.75) is 11.1 Å². The summed E-state index contributed by atoms with van der Waals surface area (Å²) in [7, 11) is -2.59. The number of carbonyl (C=O) groups excluding carboxylic acids is 1. The molecule has 0 spiro atoms. The lowest BCUT2D eigenvalue weighted by molar-refractivity contribution is -0.137. The van der Waals surface area contributed by atoms with Crippen molar-refractivity contribution >= 4 is 15.7 Å². The third-order valence-corrected chi connectivity index (χ3v) is 3.24. The minimum atomic E-state index is -4.72. The van der Waals surface area contributed by atoms with Crippen LogP contribution in [0.2, 0.25) is 0 Å². The van der Waals surface area contributed by atoms with Crippen LogP contribution in [0.1, 0.15) is 15.9 Å². The standard InChI is InChI=1S/C10H10F3NO3S/c1-14-9(15)6-3-7(10(11,12)13)5-8(4-6)18(2,16)17/h3-5H,1-2H3,(H,14,15). The van der Waals surface area contributed by atoms with Crippen molar-refractivity contribution in [2.75, 3.05) is 13.3 Å². The van der Waals surface area contributed by atoms with E-state index in [-0.39, 0.29) is 5.56 Å². The van der Waals surface area contributed by atoms with Gasteiger partial charge >= 0.3 is 6.18 Å². The number of alkyl halides is 3. The topological polar surface area (TPSA) is 63.2 Å². The summed E-state index contributed by atoms with van der Waals surface area (Å²) < 4.78 is 60.3. The lowest BCUT2D eigenvalue weighted by Crippen LogP contribution is -2.19. The van der Waals surface area contributed by atoms with Gasteiger partial charge in [0.15, 0.2) is 9.84 Å². The molecule has 100 valence electrons. The first-order chi connectivity index (χ1) is 8.05. The lowest BCUT2D eigenvalue weighted by Gasteiger charge is -2.10. The number of hydrogen-bond donors (Lipinski definition) is 1. The number of amides is 1. The normalized spacial score (nSPS) is 12.3. The van der Waals surface area contributed by atoms with Crippen molar-refractivity contribution < 1.29 is 26.4 Å². The van der Waals surface area contributed by atoms with Gasteiger partial charge in [-0.25, -0.2) is 8.42 Å². The first-order valence-electron chi connectivity index (χ1n) is 4.70. The highest BCUT2D eigenvalue weighted by atomic mass is 32.2. The number of rotatable bonds is 2. The molecule has 1 amide bonds. The SMILES string of the molecule is CNC(=O)c1cc(C(F)(F)F)cc(S(C)(=O)=O)c1. The van der Waals surface area contributed by atoms with Crippen molar-refractivity contribution in [2.24, 2.45) is 0 Å². The monoisotopic (exact) mass is 281 g/mol. The fourth-order valence-electron chi connectivity index (χ4n) is 1.25. The average molecular weight is 281 g/mol. The molecule has 0 saturated heterocycles. The summed E-state index contributed by atoms with van der Waals surface area (Å²) >= 11 is 0. The Hall–Kier alpha value is -1.57. The summed E-state index contributed by atoms with van der Waals surface area (Å²) in [5.74, 6) is -0.786. The van der Waals surface area contributed by atoms with E-state index in [9.17, 15) is 26.4 Å². The number of benzene rings is 1. The minimum absolute atomic E-state index is 0.354. The van der Waals surface area contributed by atoms with Crippen LogP contribution in [0.3, 0.4) is 0 Å². The van der Waals surface area contributed by atoms with E-state index in [1.54, 1.807) is 0 Å². The fraction of sp³-hybridized carbons (Fsp3) is 0.300. The molecule has 1 aromatic rings. The van der Waals surface area contributed by atoms with Crippen molar-refractivity contribution in [1.82, 2.24) is 5.32 Å². The molecular weight excluding hydrogens is 271 g/mol. The molecule has 0 aliphatic rings. The van der Waals surface area contributed by atoms with E-state index in [1.165, 1.54) is 7.05 Å². The Kier molecular flexibility index (Phi) is 3.70. The summed E-state index contributed by atoms with van der Waals surface area (Å²) in [4.78, 5) is 10.8. The maximum atomic E-state index is 12.6. The summed E-state index contributed by atoms with van der Waals surface area (Å²) in [6.45, 7) is 0. The second-order valence-corrected chi connectivity index (χ2v) is 5.61. The fourth-order valence-corrected chi connectivity index (χ4v) is 1.93. The molecule has 0 atom stereocenters. The number of nitrogens with one attached hydrogen (secondary N) is 1. The molecule has 0 unspecified atom stereocenters. The zero-order valence-electron chi connectivity index (χ0n) is 9.50. The maximum Gasteiger partial charge on any atom is 0.416 e. The molecular formula is C10H10F3NO3S. The van der Waals surface area contributed by atoms with Crippen molar-refractivity contribution in [3.8, 4) is 0 Å².